The molecule has 0 aliphatic carbocycles. The molecule has 1 aromatic carbocycles. The summed E-state index contributed by atoms with van der Waals surface area (Å²) < 4.78 is 10.3. The van der Waals surface area contributed by atoms with Crippen LogP contribution < -0.4 is 15.2 Å². The largest absolute Gasteiger partial charge is 0.493 e. The maximum Gasteiger partial charge on any atom is 0.160 e. The van der Waals surface area contributed by atoms with Crippen molar-refractivity contribution in [2.45, 2.75) is 11.9 Å². The summed E-state index contributed by atoms with van der Waals surface area (Å²) >= 11 is 5.69. The van der Waals surface area contributed by atoms with Gasteiger partial charge in [-0.25, -0.2) is 0 Å². The molecule has 3 nitrogen and oxygen atoms in total. The van der Waals surface area contributed by atoms with Gasteiger partial charge in [-0.3, -0.25) is 0 Å². The molecule has 0 radical (unpaired) electrons. The van der Waals surface area contributed by atoms with E-state index in [4.69, 9.17) is 26.8 Å². The lowest BCUT2D eigenvalue weighted by molar-refractivity contribution is 0.354. The standard InChI is InChI=1S/C10H14ClNO2.ClH/c1-13-8-4-3-7(6-10(11)12)5-9(8)14-2;/h3-5,10H,6,12H2,1-2H3;1H. The highest BCUT2D eigenvalue weighted by Crippen LogP contribution is 2.27. The zero-order valence-corrected chi connectivity index (χ0v) is 10.3. The van der Waals surface area contributed by atoms with Gasteiger partial charge in [0.05, 0.1) is 19.7 Å². The van der Waals surface area contributed by atoms with Gasteiger partial charge in [-0.1, -0.05) is 6.07 Å². The van der Waals surface area contributed by atoms with Crippen molar-refractivity contribution in [3.8, 4) is 11.5 Å². The number of ether oxygens (including phenoxy) is 2. The van der Waals surface area contributed by atoms with Crippen molar-refractivity contribution in [1.82, 2.24) is 0 Å². The Morgan fingerprint density at radius 1 is 1.27 bits per heavy atom. The molecule has 0 saturated heterocycles. The molecule has 0 bridgehead atoms. The zero-order chi connectivity index (χ0) is 10.6. The molecular weight excluding hydrogens is 237 g/mol. The minimum Gasteiger partial charge on any atom is -0.493 e. The summed E-state index contributed by atoms with van der Waals surface area (Å²) in [5, 5.41) is 0. The fourth-order valence-corrected chi connectivity index (χ4v) is 1.41. The van der Waals surface area contributed by atoms with Gasteiger partial charge in [0.25, 0.3) is 0 Å². The highest BCUT2D eigenvalue weighted by molar-refractivity contribution is 6.20. The van der Waals surface area contributed by atoms with Gasteiger partial charge in [-0.2, -0.15) is 0 Å². The number of nitrogens with two attached hydrogens (primary N) is 1. The second-order valence-corrected chi connectivity index (χ2v) is 3.47. The maximum absolute atomic E-state index is 5.69. The van der Waals surface area contributed by atoms with Crippen LogP contribution in [0.15, 0.2) is 18.2 Å². The van der Waals surface area contributed by atoms with Gasteiger partial charge < -0.3 is 15.2 Å². The predicted molar refractivity (Wildman–Crippen MR) is 64.3 cm³/mol. The Kier molecular flexibility index (Phi) is 6.48. The van der Waals surface area contributed by atoms with E-state index in [2.05, 4.69) is 0 Å². The number of benzene rings is 1. The highest BCUT2D eigenvalue weighted by Gasteiger charge is 2.06. The first-order chi connectivity index (χ1) is 6.67. The van der Waals surface area contributed by atoms with E-state index < -0.39 is 0 Å². The van der Waals surface area contributed by atoms with Crippen molar-refractivity contribution >= 4 is 24.0 Å². The third-order valence-electron chi connectivity index (χ3n) is 1.88. The van der Waals surface area contributed by atoms with Crippen LogP contribution in [-0.2, 0) is 6.42 Å². The fraction of sp³-hybridized carbons (Fsp3) is 0.400. The highest BCUT2D eigenvalue weighted by atomic mass is 35.5. The Morgan fingerprint density at radius 3 is 2.33 bits per heavy atom. The van der Waals surface area contributed by atoms with Crippen LogP contribution in [0.25, 0.3) is 0 Å². The summed E-state index contributed by atoms with van der Waals surface area (Å²) in [5.74, 6) is 1.40. The summed E-state index contributed by atoms with van der Waals surface area (Å²) in [4.78, 5) is 0. The molecule has 1 aromatic rings. The molecular formula is C10H15Cl2NO2. The topological polar surface area (TPSA) is 44.5 Å². The molecule has 0 spiro atoms. The molecule has 2 N–H and O–H groups in total. The van der Waals surface area contributed by atoms with Gasteiger partial charge in [0.15, 0.2) is 11.5 Å². The van der Waals surface area contributed by atoms with Gasteiger partial charge >= 0.3 is 0 Å². The maximum atomic E-state index is 5.69. The molecule has 0 aliphatic heterocycles. The lowest BCUT2D eigenvalue weighted by atomic mass is 10.1. The summed E-state index contributed by atoms with van der Waals surface area (Å²) in [6.07, 6.45) is 0.613. The van der Waals surface area contributed by atoms with Crippen LogP contribution in [0.2, 0.25) is 0 Å². The van der Waals surface area contributed by atoms with Gasteiger partial charge in [-0.15, -0.1) is 24.0 Å². The quantitative estimate of drug-likeness (QED) is 0.659. The Morgan fingerprint density at radius 2 is 1.87 bits per heavy atom. The third kappa shape index (κ3) is 4.16. The Labute approximate surface area is 101 Å². The lowest BCUT2D eigenvalue weighted by Gasteiger charge is -2.10. The molecule has 0 aromatic heterocycles. The van der Waals surface area contributed by atoms with E-state index in [1.54, 1.807) is 14.2 Å². The molecule has 0 aliphatic rings. The predicted octanol–water partition coefficient (Wildman–Crippen LogP) is 2.19. The van der Waals surface area contributed by atoms with E-state index >= 15 is 0 Å². The normalized spacial score (nSPS) is 11.5. The molecule has 1 rings (SSSR count). The molecule has 0 heterocycles. The first-order valence-electron chi connectivity index (χ1n) is 4.28. The van der Waals surface area contributed by atoms with Crippen molar-refractivity contribution in [1.29, 1.82) is 0 Å². The number of rotatable bonds is 4. The second kappa shape index (κ2) is 6.77. The average molecular weight is 252 g/mol. The molecule has 5 heteroatoms. The first kappa shape index (κ1) is 14.4. The van der Waals surface area contributed by atoms with E-state index in [1.165, 1.54) is 0 Å². The van der Waals surface area contributed by atoms with Gasteiger partial charge in [-0.05, 0) is 17.7 Å². The molecule has 1 unspecified atom stereocenters. The summed E-state index contributed by atoms with van der Waals surface area (Å²) in [7, 11) is 3.20. The van der Waals surface area contributed by atoms with Crippen LogP contribution in [0, 0.1) is 0 Å². The van der Waals surface area contributed by atoms with Crippen LogP contribution in [-0.4, -0.2) is 19.7 Å². The molecule has 15 heavy (non-hydrogen) atoms. The molecule has 0 fully saturated rings. The Balaban J connectivity index is 0.00000196. The Bertz CT molecular complexity index is 305. The van der Waals surface area contributed by atoms with Crippen molar-refractivity contribution in [2.75, 3.05) is 14.2 Å². The van der Waals surface area contributed by atoms with Gasteiger partial charge in [0, 0.05) is 6.42 Å². The average Bonchev–Trinajstić information content (AvgIpc) is 2.16. The van der Waals surface area contributed by atoms with Crippen molar-refractivity contribution in [3.63, 3.8) is 0 Å². The summed E-state index contributed by atoms with van der Waals surface area (Å²) in [6, 6.07) is 5.64. The van der Waals surface area contributed by atoms with Crippen molar-refractivity contribution < 1.29 is 9.47 Å². The van der Waals surface area contributed by atoms with Crippen LogP contribution in [0.1, 0.15) is 5.56 Å². The van der Waals surface area contributed by atoms with E-state index in [0.717, 1.165) is 5.56 Å². The van der Waals surface area contributed by atoms with E-state index in [0.29, 0.717) is 17.9 Å². The number of alkyl halides is 1. The number of hydrogen-bond donors (Lipinski definition) is 1. The van der Waals surface area contributed by atoms with Crippen LogP contribution in [0.3, 0.4) is 0 Å². The lowest BCUT2D eigenvalue weighted by Crippen LogP contribution is -2.14. The van der Waals surface area contributed by atoms with Crippen molar-refractivity contribution in [2.24, 2.45) is 5.73 Å². The Hall–Kier alpha value is -0.640. The minimum atomic E-state index is -0.367. The van der Waals surface area contributed by atoms with Crippen molar-refractivity contribution in [3.05, 3.63) is 23.8 Å². The summed E-state index contributed by atoms with van der Waals surface area (Å²) in [6.45, 7) is 0. The van der Waals surface area contributed by atoms with Crippen LogP contribution in [0.5, 0.6) is 11.5 Å². The summed E-state index contributed by atoms with van der Waals surface area (Å²) in [5.41, 5.74) is 6.14. The second-order valence-electron chi connectivity index (χ2n) is 2.91. The number of halogens is 2. The van der Waals surface area contributed by atoms with E-state index in [-0.39, 0.29) is 17.9 Å². The van der Waals surface area contributed by atoms with Crippen LogP contribution in [0.4, 0.5) is 0 Å². The first-order valence-corrected chi connectivity index (χ1v) is 4.71. The van der Waals surface area contributed by atoms with E-state index in [9.17, 15) is 0 Å². The molecule has 86 valence electrons. The van der Waals surface area contributed by atoms with Crippen LogP contribution >= 0.6 is 24.0 Å². The molecule has 1 atom stereocenters. The molecule has 0 saturated carbocycles. The van der Waals surface area contributed by atoms with Gasteiger partial charge in [0.2, 0.25) is 0 Å². The minimum absolute atomic E-state index is 0. The molecule has 0 amide bonds. The fourth-order valence-electron chi connectivity index (χ4n) is 1.23. The number of methoxy groups -OCH3 is 2. The van der Waals surface area contributed by atoms with Gasteiger partial charge in [0.1, 0.15) is 0 Å². The number of hydrogen-bond acceptors (Lipinski definition) is 3. The monoisotopic (exact) mass is 251 g/mol. The smallest absolute Gasteiger partial charge is 0.160 e. The SMILES string of the molecule is COc1ccc(CC(N)Cl)cc1OC.Cl. The van der Waals surface area contributed by atoms with E-state index in [1.807, 2.05) is 18.2 Å². The third-order valence-corrected chi connectivity index (χ3v) is 2.03. The zero-order valence-electron chi connectivity index (χ0n) is 8.70.